The van der Waals surface area contributed by atoms with Crippen LogP contribution in [0.3, 0.4) is 0 Å². The van der Waals surface area contributed by atoms with E-state index < -0.39 is 43.0 Å². The predicted octanol–water partition coefficient (Wildman–Crippen LogP) is 5.74. The molecule has 0 saturated heterocycles. The lowest BCUT2D eigenvalue weighted by Gasteiger charge is -2.36. The summed E-state index contributed by atoms with van der Waals surface area (Å²) < 4.78 is 50.5. The van der Waals surface area contributed by atoms with Crippen LogP contribution in [-0.4, -0.2) is 96.6 Å². The molecule has 1 saturated carbocycles. The van der Waals surface area contributed by atoms with E-state index in [4.69, 9.17) is 9.47 Å². The number of aliphatic hydroxyl groups is 1. The lowest BCUT2D eigenvalue weighted by Crippen LogP contribution is -2.50. The highest BCUT2D eigenvalue weighted by Gasteiger charge is 2.32. The summed E-state index contributed by atoms with van der Waals surface area (Å²) in [6, 6.07) is 3.82. The number of nitrogens with one attached hydrogen (secondary N) is 2. The van der Waals surface area contributed by atoms with Crippen molar-refractivity contribution in [3.8, 4) is 5.75 Å². The number of aliphatic hydroxyl groups excluding tert-OH is 1. The van der Waals surface area contributed by atoms with Gasteiger partial charge in [-0.2, -0.15) is 13.2 Å². The van der Waals surface area contributed by atoms with E-state index in [0.29, 0.717) is 19.6 Å². The number of fused-ring (bicyclic) bond motifs is 1. The van der Waals surface area contributed by atoms with Crippen molar-refractivity contribution >= 4 is 23.5 Å². The quantitative estimate of drug-likeness (QED) is 0.329. The Morgan fingerprint density at radius 1 is 1.11 bits per heavy atom. The van der Waals surface area contributed by atoms with E-state index in [1.807, 2.05) is 13.8 Å². The number of benzene rings is 1. The van der Waals surface area contributed by atoms with Crippen molar-refractivity contribution in [1.29, 1.82) is 0 Å². The van der Waals surface area contributed by atoms with Crippen LogP contribution in [0.15, 0.2) is 18.2 Å². The molecule has 1 fully saturated rings. The molecule has 260 valence electrons. The van der Waals surface area contributed by atoms with E-state index in [0.717, 1.165) is 38.5 Å². The number of anilines is 1. The highest BCUT2D eigenvalue weighted by molar-refractivity contribution is 5.99. The van der Waals surface area contributed by atoms with Crippen LogP contribution < -0.4 is 15.4 Å². The van der Waals surface area contributed by atoms with E-state index in [-0.39, 0.29) is 54.2 Å². The van der Waals surface area contributed by atoms with Gasteiger partial charge in [0.25, 0.3) is 5.91 Å². The molecule has 1 aromatic rings. The number of amides is 4. The Labute approximate surface area is 270 Å². The third-order valence-corrected chi connectivity index (χ3v) is 8.70. The number of nitrogens with zero attached hydrogens (tertiary/aromatic N) is 2. The Hall–Kier alpha value is -3.06. The van der Waals surface area contributed by atoms with E-state index in [9.17, 15) is 32.7 Å². The zero-order valence-corrected chi connectivity index (χ0v) is 27.5. The summed E-state index contributed by atoms with van der Waals surface area (Å²) in [4.78, 5) is 42.6. The first-order valence-electron chi connectivity index (χ1n) is 16.5. The third-order valence-electron chi connectivity index (χ3n) is 8.70. The zero-order chi connectivity index (χ0) is 33.9. The van der Waals surface area contributed by atoms with Crippen LogP contribution in [0.5, 0.6) is 5.75 Å². The molecule has 1 aromatic carbocycles. The molecule has 4 atom stereocenters. The largest absolute Gasteiger partial charge is 0.490 e. The molecule has 10 nitrogen and oxygen atoms in total. The molecular weight excluding hydrogens is 605 g/mol. The lowest BCUT2D eigenvalue weighted by atomic mass is 9.96. The molecule has 1 heterocycles. The number of ether oxygens (including phenoxy) is 2. The first-order chi connectivity index (χ1) is 21.8. The third kappa shape index (κ3) is 11.9. The topological polar surface area (TPSA) is 120 Å². The maximum atomic E-state index is 14.2. The van der Waals surface area contributed by atoms with E-state index in [2.05, 4.69) is 10.6 Å². The summed E-state index contributed by atoms with van der Waals surface area (Å²) >= 11 is 0. The Kier molecular flexibility index (Phi) is 14.4. The lowest BCUT2D eigenvalue weighted by molar-refractivity contribution is -0.142. The summed E-state index contributed by atoms with van der Waals surface area (Å²) in [6.07, 6.45) is 0.402. The van der Waals surface area contributed by atoms with Crippen LogP contribution in [0, 0.1) is 5.92 Å². The second kappa shape index (κ2) is 17.7. The molecule has 2 aliphatic rings. The summed E-state index contributed by atoms with van der Waals surface area (Å²) in [5.41, 5.74) is 0.277. The summed E-state index contributed by atoms with van der Waals surface area (Å²) in [7, 11) is 1.73. The van der Waals surface area contributed by atoms with Gasteiger partial charge in [-0.05, 0) is 64.2 Å². The van der Waals surface area contributed by atoms with E-state index in [1.54, 1.807) is 18.9 Å². The molecule has 4 amide bonds. The molecular formula is C33H51F3N4O6. The monoisotopic (exact) mass is 656 g/mol. The van der Waals surface area contributed by atoms with Gasteiger partial charge in [-0.3, -0.25) is 9.59 Å². The highest BCUT2D eigenvalue weighted by atomic mass is 19.4. The summed E-state index contributed by atoms with van der Waals surface area (Å²) in [6.45, 7) is 6.15. The van der Waals surface area contributed by atoms with Crippen LogP contribution >= 0.6 is 0 Å². The summed E-state index contributed by atoms with van der Waals surface area (Å²) in [5, 5.41) is 15.7. The number of halogens is 3. The van der Waals surface area contributed by atoms with E-state index >= 15 is 0 Å². The highest BCUT2D eigenvalue weighted by Crippen LogP contribution is 2.29. The average molecular weight is 657 g/mol. The fraction of sp³-hybridized carbons (Fsp3) is 0.727. The number of carbonyl (C=O) groups excluding carboxylic acids is 3. The van der Waals surface area contributed by atoms with Gasteiger partial charge in [0.1, 0.15) is 5.75 Å². The fourth-order valence-corrected chi connectivity index (χ4v) is 5.83. The van der Waals surface area contributed by atoms with Crippen molar-refractivity contribution in [2.75, 3.05) is 38.7 Å². The standard InChI is InChI=1S/C33H51F3N4O6/c1-22-19-40(23(2)21-41)31(43)27-18-26(37-30(42)15-16-33(34,35)36)13-14-28(27)46-24(3)10-8-9-17-45-29(22)20-39(4)32(44)38-25-11-6-5-7-12-25/h13-14,18,22-25,29,41H,5-12,15-17,19-21H2,1-4H3,(H,37,42)(H,38,44)/t22-,23+,24+,29-/m0/s1. The maximum Gasteiger partial charge on any atom is 0.389 e. The average Bonchev–Trinajstić information content (AvgIpc) is 3.01. The number of hydrogen-bond donors (Lipinski definition) is 3. The van der Waals surface area contributed by atoms with Gasteiger partial charge in [-0.25, -0.2) is 4.79 Å². The van der Waals surface area contributed by atoms with Crippen molar-refractivity contribution in [3.05, 3.63) is 23.8 Å². The Balaban J connectivity index is 1.85. The fourth-order valence-electron chi connectivity index (χ4n) is 5.83. The van der Waals surface area contributed by atoms with Crippen LogP contribution in [0.2, 0.25) is 0 Å². The molecule has 0 aromatic heterocycles. The number of carbonyl (C=O) groups is 3. The van der Waals surface area contributed by atoms with Crippen molar-refractivity contribution < 1.29 is 42.1 Å². The number of hydrogen-bond acceptors (Lipinski definition) is 6. The minimum absolute atomic E-state index is 0.117. The van der Waals surface area contributed by atoms with Gasteiger partial charge < -0.3 is 35.0 Å². The van der Waals surface area contributed by atoms with Crippen LogP contribution in [0.4, 0.5) is 23.7 Å². The Morgan fingerprint density at radius 2 is 1.80 bits per heavy atom. The maximum absolute atomic E-state index is 14.2. The van der Waals surface area contributed by atoms with Crippen molar-refractivity contribution in [2.24, 2.45) is 5.92 Å². The Bertz CT molecular complexity index is 1150. The van der Waals surface area contributed by atoms with Crippen molar-refractivity contribution in [3.63, 3.8) is 0 Å². The van der Waals surface area contributed by atoms with E-state index in [1.165, 1.54) is 29.5 Å². The van der Waals surface area contributed by atoms with Gasteiger partial charge in [0.05, 0.1) is 36.8 Å². The number of urea groups is 1. The normalized spacial score (nSPS) is 23.0. The molecule has 3 N–H and O–H groups in total. The molecule has 0 spiro atoms. The Morgan fingerprint density at radius 3 is 2.48 bits per heavy atom. The minimum Gasteiger partial charge on any atom is -0.490 e. The van der Waals surface area contributed by atoms with Gasteiger partial charge in [0, 0.05) is 50.8 Å². The SMILES string of the molecule is C[C@@H]1CCCCO[C@@H](CN(C)C(=O)NC2CCCCC2)[C@@H](C)CN([C@H](C)CO)C(=O)c2cc(NC(=O)CCC(F)(F)F)ccc2O1. The molecule has 13 heteroatoms. The zero-order valence-electron chi connectivity index (χ0n) is 27.5. The van der Waals surface area contributed by atoms with Gasteiger partial charge in [-0.1, -0.05) is 26.2 Å². The van der Waals surface area contributed by atoms with Crippen LogP contribution in [0.25, 0.3) is 0 Å². The van der Waals surface area contributed by atoms with Gasteiger partial charge in [0.15, 0.2) is 0 Å². The molecule has 1 aliphatic carbocycles. The minimum atomic E-state index is -4.47. The van der Waals surface area contributed by atoms with Crippen molar-refractivity contribution in [2.45, 2.75) is 115 Å². The predicted molar refractivity (Wildman–Crippen MR) is 169 cm³/mol. The van der Waals surface area contributed by atoms with Crippen LogP contribution in [0.1, 0.15) is 95.3 Å². The van der Waals surface area contributed by atoms with Gasteiger partial charge in [0.2, 0.25) is 5.91 Å². The van der Waals surface area contributed by atoms with Crippen molar-refractivity contribution in [1.82, 2.24) is 15.1 Å². The second-order valence-electron chi connectivity index (χ2n) is 12.8. The molecule has 1 aliphatic heterocycles. The first kappa shape index (κ1) is 37.4. The van der Waals surface area contributed by atoms with Gasteiger partial charge in [-0.15, -0.1) is 0 Å². The molecule has 46 heavy (non-hydrogen) atoms. The molecule has 0 bridgehead atoms. The molecule has 3 rings (SSSR count). The molecule has 0 unspecified atom stereocenters. The first-order valence-corrected chi connectivity index (χ1v) is 16.5. The summed E-state index contributed by atoms with van der Waals surface area (Å²) in [5.74, 6) is -1.27. The molecule has 0 radical (unpaired) electrons. The van der Waals surface area contributed by atoms with Gasteiger partial charge >= 0.3 is 12.2 Å². The van der Waals surface area contributed by atoms with Crippen LogP contribution in [-0.2, 0) is 9.53 Å². The smallest absolute Gasteiger partial charge is 0.389 e. The number of rotatable bonds is 8. The number of likely N-dealkylation sites (N-methyl/N-ethyl adjacent to an activating group) is 1. The second-order valence-corrected chi connectivity index (χ2v) is 12.8. The number of alkyl halides is 3.